The number of nitrogens with zero attached hydrogens (tertiary/aromatic N) is 1. The summed E-state index contributed by atoms with van der Waals surface area (Å²) in [5, 5.41) is 3.71. The van der Waals surface area contributed by atoms with Crippen molar-refractivity contribution in [1.82, 2.24) is 5.06 Å². The molecule has 5 heteroatoms. The van der Waals surface area contributed by atoms with Crippen LogP contribution in [0.4, 0.5) is 0 Å². The van der Waals surface area contributed by atoms with E-state index in [1.165, 1.54) is 22.5 Å². The monoisotopic (exact) mass is 397 g/mol. The van der Waals surface area contributed by atoms with E-state index >= 15 is 0 Å². The average molecular weight is 398 g/mol. The maximum Gasteiger partial charge on any atom is 0.261 e. The third-order valence-corrected chi connectivity index (χ3v) is 10.8. The van der Waals surface area contributed by atoms with Crippen molar-refractivity contribution < 1.29 is 14.1 Å². The quantitative estimate of drug-likeness (QED) is 0.531. The van der Waals surface area contributed by atoms with E-state index in [9.17, 15) is 4.79 Å². The number of hydrogen-bond acceptors (Lipinski definition) is 3. The van der Waals surface area contributed by atoms with Crippen LogP contribution in [0.2, 0.25) is 5.04 Å². The molecular formula is C23H31NO3Si. The van der Waals surface area contributed by atoms with Crippen LogP contribution in [0.1, 0.15) is 33.6 Å². The second-order valence-corrected chi connectivity index (χ2v) is 13.0. The van der Waals surface area contributed by atoms with E-state index < -0.39 is 13.7 Å². The molecule has 0 aromatic heterocycles. The van der Waals surface area contributed by atoms with E-state index in [0.717, 1.165) is 12.8 Å². The molecule has 1 aliphatic rings. The van der Waals surface area contributed by atoms with E-state index in [4.69, 9.17) is 9.26 Å². The number of amides is 1. The summed E-state index contributed by atoms with van der Waals surface area (Å²) in [5.41, 5.74) is -0.460. The van der Waals surface area contributed by atoms with Gasteiger partial charge in [-0.3, -0.25) is 9.63 Å². The molecule has 0 heterocycles. The summed E-state index contributed by atoms with van der Waals surface area (Å²) >= 11 is 0. The van der Waals surface area contributed by atoms with E-state index in [0.29, 0.717) is 6.61 Å². The van der Waals surface area contributed by atoms with Crippen LogP contribution in [0.3, 0.4) is 0 Å². The van der Waals surface area contributed by atoms with Crippen molar-refractivity contribution >= 4 is 24.6 Å². The van der Waals surface area contributed by atoms with Crippen LogP contribution in [0.25, 0.3) is 0 Å². The number of rotatable bonds is 7. The summed E-state index contributed by atoms with van der Waals surface area (Å²) in [5.74, 6) is 0.00734. The first-order valence-corrected chi connectivity index (χ1v) is 11.7. The standard InChI is InChI=1S/C23H31NO3Si/c1-22(2,3)28(19-12-8-6-9-13-19,20-14-10-7-11-15-20)27-18-23(16-17-23)21(25)24(4)26-5/h6-15H,16-18H2,1-5H3. The minimum atomic E-state index is -2.62. The minimum Gasteiger partial charge on any atom is -0.406 e. The van der Waals surface area contributed by atoms with Crippen molar-refractivity contribution in [1.29, 1.82) is 0 Å². The molecule has 150 valence electrons. The zero-order valence-electron chi connectivity index (χ0n) is 17.6. The Morgan fingerprint density at radius 1 is 1.00 bits per heavy atom. The molecule has 1 saturated carbocycles. The highest BCUT2D eigenvalue weighted by molar-refractivity contribution is 6.99. The molecule has 0 unspecified atom stereocenters. The Balaban J connectivity index is 2.04. The highest BCUT2D eigenvalue weighted by atomic mass is 28.4. The molecule has 2 aromatic carbocycles. The largest absolute Gasteiger partial charge is 0.406 e. The fraction of sp³-hybridized carbons (Fsp3) is 0.435. The number of hydroxylamine groups is 2. The van der Waals surface area contributed by atoms with E-state index in [2.05, 4.69) is 69.3 Å². The van der Waals surface area contributed by atoms with Crippen molar-refractivity contribution in [2.75, 3.05) is 20.8 Å². The first-order chi connectivity index (χ1) is 13.3. The lowest BCUT2D eigenvalue weighted by atomic mass is 10.1. The zero-order chi connectivity index (χ0) is 20.4. The second-order valence-electron chi connectivity index (χ2n) is 8.72. The fourth-order valence-electron chi connectivity index (χ4n) is 4.00. The van der Waals surface area contributed by atoms with Crippen molar-refractivity contribution in [3.8, 4) is 0 Å². The summed E-state index contributed by atoms with van der Waals surface area (Å²) < 4.78 is 6.95. The third-order valence-electron chi connectivity index (χ3n) is 5.85. The number of carbonyl (C=O) groups is 1. The predicted molar refractivity (Wildman–Crippen MR) is 115 cm³/mol. The molecular weight excluding hydrogens is 366 g/mol. The smallest absolute Gasteiger partial charge is 0.261 e. The fourth-order valence-corrected chi connectivity index (χ4v) is 8.64. The number of carbonyl (C=O) groups excluding carboxylic acids is 1. The van der Waals surface area contributed by atoms with Crippen LogP contribution >= 0.6 is 0 Å². The second kappa shape index (κ2) is 7.82. The Morgan fingerprint density at radius 2 is 1.46 bits per heavy atom. The van der Waals surface area contributed by atoms with Gasteiger partial charge in [0.1, 0.15) is 0 Å². The number of hydrogen-bond donors (Lipinski definition) is 0. The summed E-state index contributed by atoms with van der Waals surface area (Å²) in [6.07, 6.45) is 1.69. The van der Waals surface area contributed by atoms with Crippen LogP contribution in [0.5, 0.6) is 0 Å². The van der Waals surface area contributed by atoms with Gasteiger partial charge >= 0.3 is 0 Å². The summed E-state index contributed by atoms with van der Waals surface area (Å²) in [4.78, 5) is 18.0. The third kappa shape index (κ3) is 3.66. The van der Waals surface area contributed by atoms with E-state index in [-0.39, 0.29) is 10.9 Å². The molecule has 3 rings (SSSR count). The Bertz CT molecular complexity index is 758. The van der Waals surface area contributed by atoms with Crippen LogP contribution in [-0.2, 0) is 14.1 Å². The van der Waals surface area contributed by atoms with Gasteiger partial charge in [-0.15, -0.1) is 0 Å². The Kier molecular flexibility index (Phi) is 5.80. The molecule has 1 aliphatic carbocycles. The Labute approximate surface area is 169 Å². The summed E-state index contributed by atoms with van der Waals surface area (Å²) in [6, 6.07) is 21.1. The molecule has 0 N–H and O–H groups in total. The normalized spacial score (nSPS) is 15.9. The molecule has 1 amide bonds. The first kappa shape index (κ1) is 20.8. The van der Waals surface area contributed by atoms with Crippen molar-refractivity contribution in [3.63, 3.8) is 0 Å². The highest BCUT2D eigenvalue weighted by Gasteiger charge is 2.56. The van der Waals surface area contributed by atoms with Crippen molar-refractivity contribution in [2.45, 2.75) is 38.7 Å². The number of benzene rings is 2. The Morgan fingerprint density at radius 3 is 1.82 bits per heavy atom. The SMILES string of the molecule is CON(C)C(=O)C1(CO[Si](c2ccccc2)(c2ccccc2)C(C)(C)C)CC1. The summed E-state index contributed by atoms with van der Waals surface area (Å²) in [7, 11) is 0.575. The van der Waals surface area contributed by atoms with E-state index in [1.807, 2.05) is 12.1 Å². The maximum atomic E-state index is 12.8. The topological polar surface area (TPSA) is 38.8 Å². The van der Waals surface area contributed by atoms with Gasteiger partial charge in [0, 0.05) is 13.7 Å². The molecule has 0 aliphatic heterocycles. The molecule has 4 nitrogen and oxygen atoms in total. The minimum absolute atomic E-state index is 0.00734. The van der Waals surface area contributed by atoms with Gasteiger partial charge in [-0.25, -0.2) is 5.06 Å². The predicted octanol–water partition coefficient (Wildman–Crippen LogP) is 3.36. The van der Waals surface area contributed by atoms with Gasteiger partial charge in [0.2, 0.25) is 0 Å². The van der Waals surface area contributed by atoms with Gasteiger partial charge in [-0.2, -0.15) is 0 Å². The molecule has 0 atom stereocenters. The highest BCUT2D eigenvalue weighted by Crippen LogP contribution is 2.49. The molecule has 0 bridgehead atoms. The molecule has 28 heavy (non-hydrogen) atoms. The van der Waals surface area contributed by atoms with Gasteiger partial charge in [-0.1, -0.05) is 81.4 Å². The van der Waals surface area contributed by atoms with Gasteiger partial charge in [-0.05, 0) is 28.3 Å². The van der Waals surface area contributed by atoms with Crippen LogP contribution < -0.4 is 10.4 Å². The zero-order valence-corrected chi connectivity index (χ0v) is 18.6. The van der Waals surface area contributed by atoms with Crippen LogP contribution in [-0.4, -0.2) is 40.1 Å². The van der Waals surface area contributed by atoms with Gasteiger partial charge in [0.15, 0.2) is 0 Å². The average Bonchev–Trinajstić information content (AvgIpc) is 3.49. The molecule has 2 aromatic rings. The summed E-state index contributed by atoms with van der Waals surface area (Å²) in [6.45, 7) is 7.18. The maximum absolute atomic E-state index is 12.8. The van der Waals surface area contributed by atoms with Crippen molar-refractivity contribution in [2.24, 2.45) is 5.41 Å². The Hall–Kier alpha value is -1.95. The lowest BCUT2D eigenvalue weighted by Crippen LogP contribution is -2.67. The van der Waals surface area contributed by atoms with E-state index in [1.54, 1.807) is 7.05 Å². The molecule has 0 spiro atoms. The van der Waals surface area contributed by atoms with Gasteiger partial charge < -0.3 is 4.43 Å². The van der Waals surface area contributed by atoms with Gasteiger partial charge in [0.05, 0.1) is 12.5 Å². The lowest BCUT2D eigenvalue weighted by molar-refractivity contribution is -0.176. The molecule has 1 fully saturated rings. The van der Waals surface area contributed by atoms with Crippen molar-refractivity contribution in [3.05, 3.63) is 60.7 Å². The molecule has 0 saturated heterocycles. The molecule has 0 radical (unpaired) electrons. The van der Waals surface area contributed by atoms with Crippen LogP contribution in [0, 0.1) is 5.41 Å². The van der Waals surface area contributed by atoms with Gasteiger partial charge in [0.25, 0.3) is 14.2 Å². The van der Waals surface area contributed by atoms with Crippen LogP contribution in [0.15, 0.2) is 60.7 Å². The first-order valence-electron chi connectivity index (χ1n) is 9.84. The lowest BCUT2D eigenvalue weighted by Gasteiger charge is -2.43.